The number of carbonyl (C=O) groups is 1. The van der Waals surface area contributed by atoms with E-state index in [2.05, 4.69) is 22.5 Å². The van der Waals surface area contributed by atoms with E-state index in [0.717, 1.165) is 32.6 Å². The van der Waals surface area contributed by atoms with E-state index in [-0.39, 0.29) is 5.91 Å². The highest BCUT2D eigenvalue weighted by atomic mass is 16.2. The molecule has 1 saturated heterocycles. The van der Waals surface area contributed by atoms with Gasteiger partial charge in [-0.05, 0) is 45.8 Å². The van der Waals surface area contributed by atoms with E-state index in [1.807, 2.05) is 6.92 Å². The molecular formula is C12H25N3O. The lowest BCUT2D eigenvalue weighted by Crippen LogP contribution is -2.43. The standard InChI is InChI=1S/C12H25N3O/c1-3-14-12(16)10-15(4-2)11-6-5-8-13-9-7-11/h11,13H,3-10H2,1-2H3,(H,14,16). The van der Waals surface area contributed by atoms with Crippen LogP contribution in [0.25, 0.3) is 0 Å². The van der Waals surface area contributed by atoms with Crippen LogP contribution in [-0.2, 0) is 4.79 Å². The van der Waals surface area contributed by atoms with Crippen LogP contribution in [0.15, 0.2) is 0 Å². The quantitative estimate of drug-likeness (QED) is 0.722. The van der Waals surface area contributed by atoms with Crippen molar-refractivity contribution in [2.75, 3.05) is 32.7 Å². The SMILES string of the molecule is CCNC(=O)CN(CC)C1CCCNCC1. The molecule has 4 nitrogen and oxygen atoms in total. The second-order valence-corrected chi connectivity index (χ2v) is 4.35. The Labute approximate surface area is 98.8 Å². The minimum atomic E-state index is 0.154. The highest BCUT2D eigenvalue weighted by Crippen LogP contribution is 2.12. The second kappa shape index (κ2) is 7.63. The first-order chi connectivity index (χ1) is 7.77. The summed E-state index contributed by atoms with van der Waals surface area (Å²) >= 11 is 0. The lowest BCUT2D eigenvalue weighted by atomic mass is 10.1. The van der Waals surface area contributed by atoms with Crippen molar-refractivity contribution in [1.82, 2.24) is 15.5 Å². The minimum Gasteiger partial charge on any atom is -0.355 e. The smallest absolute Gasteiger partial charge is 0.234 e. The fourth-order valence-electron chi connectivity index (χ4n) is 2.30. The third kappa shape index (κ3) is 4.49. The number of rotatable bonds is 5. The topological polar surface area (TPSA) is 44.4 Å². The van der Waals surface area contributed by atoms with Crippen LogP contribution in [0, 0.1) is 0 Å². The van der Waals surface area contributed by atoms with Gasteiger partial charge >= 0.3 is 0 Å². The van der Waals surface area contributed by atoms with Gasteiger partial charge in [0.15, 0.2) is 0 Å². The molecule has 0 radical (unpaired) electrons. The Bertz CT molecular complexity index is 200. The molecule has 94 valence electrons. The van der Waals surface area contributed by atoms with Gasteiger partial charge in [0, 0.05) is 12.6 Å². The zero-order valence-corrected chi connectivity index (χ0v) is 10.6. The van der Waals surface area contributed by atoms with Gasteiger partial charge in [-0.2, -0.15) is 0 Å². The van der Waals surface area contributed by atoms with Crippen molar-refractivity contribution in [2.45, 2.75) is 39.2 Å². The molecule has 2 N–H and O–H groups in total. The van der Waals surface area contributed by atoms with E-state index in [4.69, 9.17) is 0 Å². The number of carbonyl (C=O) groups excluding carboxylic acids is 1. The summed E-state index contributed by atoms with van der Waals surface area (Å²) in [7, 11) is 0. The lowest BCUT2D eigenvalue weighted by molar-refractivity contribution is -0.122. The van der Waals surface area contributed by atoms with E-state index in [9.17, 15) is 4.79 Å². The van der Waals surface area contributed by atoms with Crippen molar-refractivity contribution >= 4 is 5.91 Å². The highest BCUT2D eigenvalue weighted by Gasteiger charge is 2.20. The molecule has 4 heteroatoms. The van der Waals surface area contributed by atoms with Crippen LogP contribution in [0.4, 0.5) is 0 Å². The second-order valence-electron chi connectivity index (χ2n) is 4.35. The van der Waals surface area contributed by atoms with Crippen LogP contribution in [-0.4, -0.2) is 49.6 Å². The number of hydrogen-bond acceptors (Lipinski definition) is 3. The summed E-state index contributed by atoms with van der Waals surface area (Å²) in [5.41, 5.74) is 0. The maximum atomic E-state index is 11.6. The van der Waals surface area contributed by atoms with Gasteiger partial charge < -0.3 is 10.6 Å². The maximum Gasteiger partial charge on any atom is 0.234 e. The van der Waals surface area contributed by atoms with Gasteiger partial charge in [-0.15, -0.1) is 0 Å². The summed E-state index contributed by atoms with van der Waals surface area (Å²) in [6, 6.07) is 0.572. The van der Waals surface area contributed by atoms with Gasteiger partial charge in [0.2, 0.25) is 5.91 Å². The van der Waals surface area contributed by atoms with Gasteiger partial charge in [-0.3, -0.25) is 9.69 Å². The average Bonchev–Trinajstić information content (AvgIpc) is 2.55. The monoisotopic (exact) mass is 227 g/mol. The van der Waals surface area contributed by atoms with Crippen LogP contribution in [0.3, 0.4) is 0 Å². The molecule has 1 fully saturated rings. The van der Waals surface area contributed by atoms with E-state index >= 15 is 0 Å². The fraction of sp³-hybridized carbons (Fsp3) is 0.917. The first kappa shape index (κ1) is 13.5. The van der Waals surface area contributed by atoms with Crippen molar-refractivity contribution in [3.8, 4) is 0 Å². The summed E-state index contributed by atoms with van der Waals surface area (Å²) in [5.74, 6) is 0.154. The molecule has 1 aliphatic heterocycles. The molecule has 0 aliphatic carbocycles. The van der Waals surface area contributed by atoms with Crippen molar-refractivity contribution < 1.29 is 4.79 Å². The van der Waals surface area contributed by atoms with Crippen LogP contribution in [0.5, 0.6) is 0 Å². The van der Waals surface area contributed by atoms with Crippen molar-refractivity contribution in [3.63, 3.8) is 0 Å². The molecule has 16 heavy (non-hydrogen) atoms. The Morgan fingerprint density at radius 2 is 2.19 bits per heavy atom. The number of hydrogen-bond donors (Lipinski definition) is 2. The Morgan fingerprint density at radius 3 is 2.88 bits per heavy atom. The van der Waals surface area contributed by atoms with Crippen molar-refractivity contribution in [1.29, 1.82) is 0 Å². The fourth-order valence-corrected chi connectivity index (χ4v) is 2.30. The summed E-state index contributed by atoms with van der Waals surface area (Å²) in [5, 5.41) is 6.28. The number of likely N-dealkylation sites (N-methyl/N-ethyl adjacent to an activating group) is 2. The predicted molar refractivity (Wildman–Crippen MR) is 66.4 cm³/mol. The molecule has 0 aromatic heterocycles. The van der Waals surface area contributed by atoms with E-state index in [0.29, 0.717) is 12.6 Å². The van der Waals surface area contributed by atoms with E-state index < -0.39 is 0 Å². The Morgan fingerprint density at radius 1 is 1.38 bits per heavy atom. The Balaban J connectivity index is 2.41. The Kier molecular flexibility index (Phi) is 6.42. The largest absolute Gasteiger partial charge is 0.355 e. The molecule has 1 unspecified atom stereocenters. The third-order valence-corrected chi connectivity index (χ3v) is 3.19. The first-order valence-corrected chi connectivity index (χ1v) is 6.49. The molecule has 1 atom stereocenters. The normalized spacial score (nSPS) is 21.8. The third-order valence-electron chi connectivity index (χ3n) is 3.19. The molecular weight excluding hydrogens is 202 g/mol. The first-order valence-electron chi connectivity index (χ1n) is 6.49. The summed E-state index contributed by atoms with van der Waals surface area (Å²) in [6.07, 6.45) is 3.59. The van der Waals surface area contributed by atoms with E-state index in [1.165, 1.54) is 12.8 Å². The van der Waals surface area contributed by atoms with Crippen LogP contribution in [0.2, 0.25) is 0 Å². The predicted octanol–water partition coefficient (Wildman–Crippen LogP) is 0.587. The molecule has 0 aromatic rings. The number of nitrogens with zero attached hydrogens (tertiary/aromatic N) is 1. The molecule has 0 saturated carbocycles. The maximum absolute atomic E-state index is 11.6. The van der Waals surface area contributed by atoms with Crippen molar-refractivity contribution in [3.05, 3.63) is 0 Å². The van der Waals surface area contributed by atoms with Crippen molar-refractivity contribution in [2.24, 2.45) is 0 Å². The summed E-state index contributed by atoms with van der Waals surface area (Å²) < 4.78 is 0. The Hall–Kier alpha value is -0.610. The highest BCUT2D eigenvalue weighted by molar-refractivity contribution is 5.77. The minimum absolute atomic E-state index is 0.154. The van der Waals surface area contributed by atoms with Gasteiger partial charge in [0.25, 0.3) is 0 Å². The van der Waals surface area contributed by atoms with Gasteiger partial charge in [-0.1, -0.05) is 6.92 Å². The van der Waals surface area contributed by atoms with Crippen LogP contribution >= 0.6 is 0 Å². The van der Waals surface area contributed by atoms with Gasteiger partial charge in [0.1, 0.15) is 0 Å². The molecule has 1 aliphatic rings. The van der Waals surface area contributed by atoms with Crippen LogP contribution in [0.1, 0.15) is 33.1 Å². The zero-order valence-electron chi connectivity index (χ0n) is 10.6. The molecule has 0 spiro atoms. The molecule has 1 amide bonds. The number of nitrogens with one attached hydrogen (secondary N) is 2. The van der Waals surface area contributed by atoms with Gasteiger partial charge in [-0.25, -0.2) is 0 Å². The lowest BCUT2D eigenvalue weighted by Gasteiger charge is -2.29. The van der Waals surface area contributed by atoms with E-state index in [1.54, 1.807) is 0 Å². The molecule has 0 aromatic carbocycles. The summed E-state index contributed by atoms with van der Waals surface area (Å²) in [4.78, 5) is 13.9. The van der Waals surface area contributed by atoms with Crippen LogP contribution < -0.4 is 10.6 Å². The molecule has 0 bridgehead atoms. The molecule has 1 heterocycles. The molecule has 1 rings (SSSR count). The zero-order chi connectivity index (χ0) is 11.8. The number of amides is 1. The van der Waals surface area contributed by atoms with Gasteiger partial charge in [0.05, 0.1) is 6.54 Å². The average molecular weight is 227 g/mol. The summed E-state index contributed by atoms with van der Waals surface area (Å²) in [6.45, 7) is 8.53.